The third kappa shape index (κ3) is 4.14. The Morgan fingerprint density at radius 3 is 2.60 bits per heavy atom. The van der Waals surface area contributed by atoms with Gasteiger partial charge in [0, 0.05) is 17.6 Å². The van der Waals surface area contributed by atoms with Gasteiger partial charge < -0.3 is 9.64 Å². The van der Waals surface area contributed by atoms with Crippen LogP contribution in [0.15, 0.2) is 18.2 Å². The van der Waals surface area contributed by atoms with Crippen LogP contribution in [0, 0.1) is 6.92 Å². The van der Waals surface area contributed by atoms with Crippen LogP contribution in [0.1, 0.15) is 44.7 Å². The highest BCUT2D eigenvalue weighted by Gasteiger charge is 2.35. The van der Waals surface area contributed by atoms with Crippen molar-refractivity contribution < 1.29 is 9.53 Å². The molecule has 2 rings (SSSR count). The largest absolute Gasteiger partial charge is 0.444 e. The SMILES string of the molecule is Cc1ccc(Cl)cc1CN(C(=O)OC(C)(C)C)C1CC1. The van der Waals surface area contributed by atoms with E-state index in [0.717, 1.165) is 24.0 Å². The van der Waals surface area contributed by atoms with Gasteiger partial charge in [0.1, 0.15) is 5.60 Å². The third-order valence-corrected chi connectivity index (χ3v) is 3.50. The van der Waals surface area contributed by atoms with E-state index in [1.165, 1.54) is 0 Å². The molecular weight excluding hydrogens is 274 g/mol. The molecule has 1 fully saturated rings. The van der Waals surface area contributed by atoms with Crippen molar-refractivity contribution in [3.8, 4) is 0 Å². The van der Waals surface area contributed by atoms with Crippen LogP contribution >= 0.6 is 11.6 Å². The van der Waals surface area contributed by atoms with Gasteiger partial charge in [-0.25, -0.2) is 4.79 Å². The van der Waals surface area contributed by atoms with Crippen molar-refractivity contribution in [3.63, 3.8) is 0 Å². The molecule has 1 saturated carbocycles. The summed E-state index contributed by atoms with van der Waals surface area (Å²) < 4.78 is 5.50. The maximum atomic E-state index is 12.3. The molecule has 110 valence electrons. The second-order valence-electron chi connectivity index (χ2n) is 6.41. The number of rotatable bonds is 3. The van der Waals surface area contributed by atoms with Gasteiger partial charge in [-0.15, -0.1) is 0 Å². The van der Waals surface area contributed by atoms with Crippen molar-refractivity contribution in [3.05, 3.63) is 34.3 Å². The minimum absolute atomic E-state index is 0.237. The fourth-order valence-electron chi connectivity index (χ4n) is 2.04. The molecule has 0 unspecified atom stereocenters. The highest BCUT2D eigenvalue weighted by Crippen LogP contribution is 2.31. The molecule has 0 atom stereocenters. The van der Waals surface area contributed by atoms with Crippen LogP contribution in [0.25, 0.3) is 0 Å². The number of aryl methyl sites for hydroxylation is 1. The van der Waals surface area contributed by atoms with Crippen LogP contribution in [0.4, 0.5) is 4.79 Å². The predicted molar refractivity (Wildman–Crippen MR) is 81.0 cm³/mol. The van der Waals surface area contributed by atoms with E-state index in [4.69, 9.17) is 16.3 Å². The molecule has 0 saturated heterocycles. The van der Waals surface area contributed by atoms with Crippen LogP contribution in [0.5, 0.6) is 0 Å². The Kier molecular flexibility index (Phi) is 4.28. The molecule has 1 aliphatic carbocycles. The Hall–Kier alpha value is -1.22. The van der Waals surface area contributed by atoms with E-state index in [0.29, 0.717) is 17.6 Å². The summed E-state index contributed by atoms with van der Waals surface area (Å²) in [7, 11) is 0. The van der Waals surface area contributed by atoms with E-state index < -0.39 is 5.60 Å². The van der Waals surface area contributed by atoms with Gasteiger partial charge in [-0.3, -0.25) is 0 Å². The number of hydrogen-bond donors (Lipinski definition) is 0. The van der Waals surface area contributed by atoms with Gasteiger partial charge in [0.05, 0.1) is 0 Å². The molecule has 3 nitrogen and oxygen atoms in total. The van der Waals surface area contributed by atoms with Crippen molar-refractivity contribution in [2.24, 2.45) is 0 Å². The minimum atomic E-state index is -0.465. The van der Waals surface area contributed by atoms with Gasteiger partial charge in [0.15, 0.2) is 0 Å². The number of carbonyl (C=O) groups excluding carboxylic acids is 1. The first-order valence-corrected chi connectivity index (χ1v) is 7.39. The first-order chi connectivity index (χ1) is 9.26. The van der Waals surface area contributed by atoms with Crippen molar-refractivity contribution >= 4 is 17.7 Å². The zero-order valence-corrected chi connectivity index (χ0v) is 13.3. The number of halogens is 1. The molecule has 0 radical (unpaired) electrons. The topological polar surface area (TPSA) is 29.5 Å². The summed E-state index contributed by atoms with van der Waals surface area (Å²) in [5.41, 5.74) is 1.76. The lowest BCUT2D eigenvalue weighted by molar-refractivity contribution is 0.0216. The summed E-state index contributed by atoms with van der Waals surface area (Å²) in [5.74, 6) is 0. The zero-order valence-electron chi connectivity index (χ0n) is 12.6. The van der Waals surface area contributed by atoms with Crippen molar-refractivity contribution in [2.45, 2.75) is 58.7 Å². The minimum Gasteiger partial charge on any atom is -0.444 e. The Bertz CT molecular complexity index is 504. The standard InChI is InChI=1S/C16H22ClNO2/c1-11-5-6-13(17)9-12(11)10-18(14-7-8-14)15(19)20-16(2,3)4/h5-6,9,14H,7-8,10H2,1-4H3. The molecule has 1 amide bonds. The fourth-order valence-corrected chi connectivity index (χ4v) is 2.24. The van der Waals surface area contributed by atoms with Gasteiger partial charge in [-0.2, -0.15) is 0 Å². The highest BCUT2D eigenvalue weighted by atomic mass is 35.5. The Balaban J connectivity index is 2.13. The average Bonchev–Trinajstić information content (AvgIpc) is 3.11. The summed E-state index contributed by atoms with van der Waals surface area (Å²) >= 11 is 6.05. The van der Waals surface area contributed by atoms with Crippen LogP contribution in [-0.4, -0.2) is 22.6 Å². The van der Waals surface area contributed by atoms with Crippen LogP contribution in [0.3, 0.4) is 0 Å². The number of benzene rings is 1. The molecule has 0 heterocycles. The lowest BCUT2D eigenvalue weighted by Gasteiger charge is -2.28. The maximum absolute atomic E-state index is 12.3. The lowest BCUT2D eigenvalue weighted by Crippen LogP contribution is -2.38. The summed E-state index contributed by atoms with van der Waals surface area (Å²) in [6.07, 6.45) is 1.87. The molecule has 0 spiro atoms. The molecule has 1 aliphatic rings. The van der Waals surface area contributed by atoms with E-state index in [1.54, 1.807) is 0 Å². The lowest BCUT2D eigenvalue weighted by atomic mass is 10.1. The Labute approximate surface area is 125 Å². The van der Waals surface area contributed by atoms with Gasteiger partial charge in [0.25, 0.3) is 0 Å². The fraction of sp³-hybridized carbons (Fsp3) is 0.562. The van der Waals surface area contributed by atoms with Crippen molar-refractivity contribution in [1.29, 1.82) is 0 Å². The number of carbonyl (C=O) groups is 1. The van der Waals surface area contributed by atoms with E-state index >= 15 is 0 Å². The highest BCUT2D eigenvalue weighted by molar-refractivity contribution is 6.30. The van der Waals surface area contributed by atoms with Gasteiger partial charge >= 0.3 is 6.09 Å². The van der Waals surface area contributed by atoms with Crippen LogP contribution in [0.2, 0.25) is 5.02 Å². The van der Waals surface area contributed by atoms with Gasteiger partial charge in [-0.05, 0) is 63.8 Å². The number of ether oxygens (including phenoxy) is 1. The molecule has 0 aromatic heterocycles. The molecule has 0 N–H and O–H groups in total. The monoisotopic (exact) mass is 295 g/mol. The van der Waals surface area contributed by atoms with Crippen LogP contribution in [-0.2, 0) is 11.3 Å². The molecular formula is C16H22ClNO2. The predicted octanol–water partition coefficient (Wildman–Crippen LogP) is 4.55. The van der Waals surface area contributed by atoms with Crippen molar-refractivity contribution in [1.82, 2.24) is 4.90 Å². The normalized spacial score (nSPS) is 15.1. The number of amides is 1. The maximum Gasteiger partial charge on any atom is 0.410 e. The molecule has 1 aromatic carbocycles. The smallest absolute Gasteiger partial charge is 0.410 e. The second-order valence-corrected chi connectivity index (χ2v) is 6.85. The quantitative estimate of drug-likeness (QED) is 0.819. The number of hydrogen-bond acceptors (Lipinski definition) is 2. The Morgan fingerprint density at radius 2 is 2.05 bits per heavy atom. The first kappa shape index (κ1) is 15.2. The zero-order chi connectivity index (χ0) is 14.9. The van der Waals surface area contributed by atoms with Gasteiger partial charge in [0.2, 0.25) is 0 Å². The average molecular weight is 296 g/mol. The third-order valence-electron chi connectivity index (χ3n) is 3.27. The van der Waals surface area contributed by atoms with E-state index in [2.05, 4.69) is 0 Å². The summed E-state index contributed by atoms with van der Waals surface area (Å²) in [5, 5.41) is 0.700. The van der Waals surface area contributed by atoms with E-state index in [9.17, 15) is 4.79 Å². The first-order valence-electron chi connectivity index (χ1n) is 7.01. The summed E-state index contributed by atoms with van der Waals surface area (Å²) in [4.78, 5) is 14.1. The molecule has 0 bridgehead atoms. The molecule has 20 heavy (non-hydrogen) atoms. The van der Waals surface area contributed by atoms with Gasteiger partial charge in [-0.1, -0.05) is 17.7 Å². The van der Waals surface area contributed by atoms with E-state index in [1.807, 2.05) is 50.8 Å². The summed E-state index contributed by atoms with van der Waals surface area (Å²) in [6.45, 7) is 8.26. The van der Waals surface area contributed by atoms with Crippen molar-refractivity contribution in [2.75, 3.05) is 0 Å². The Morgan fingerprint density at radius 1 is 1.40 bits per heavy atom. The molecule has 4 heteroatoms. The number of nitrogens with zero attached hydrogens (tertiary/aromatic N) is 1. The molecule has 0 aliphatic heterocycles. The van der Waals surface area contributed by atoms with Crippen LogP contribution < -0.4 is 0 Å². The summed E-state index contributed by atoms with van der Waals surface area (Å²) in [6, 6.07) is 6.09. The van der Waals surface area contributed by atoms with E-state index in [-0.39, 0.29) is 6.09 Å². The second kappa shape index (κ2) is 5.65. The molecule has 1 aromatic rings.